The van der Waals surface area contributed by atoms with Crippen molar-refractivity contribution >= 4 is 5.82 Å². The van der Waals surface area contributed by atoms with Crippen LogP contribution in [0.4, 0.5) is 10.2 Å². The van der Waals surface area contributed by atoms with Gasteiger partial charge in [0.2, 0.25) is 0 Å². The summed E-state index contributed by atoms with van der Waals surface area (Å²) in [5.74, 6) is 1.09. The number of aromatic nitrogens is 1. The molecule has 0 aliphatic rings. The van der Waals surface area contributed by atoms with Crippen LogP contribution in [0.15, 0.2) is 18.3 Å². The SMILES string of the molecule is CC(C)CC(C)Nc1ccc(F)cn1. The summed E-state index contributed by atoms with van der Waals surface area (Å²) in [6.07, 6.45) is 2.31. The van der Waals surface area contributed by atoms with Crippen LogP contribution in [0.5, 0.6) is 0 Å². The van der Waals surface area contributed by atoms with Crippen molar-refractivity contribution in [2.75, 3.05) is 5.32 Å². The molecule has 0 aliphatic carbocycles. The van der Waals surface area contributed by atoms with Gasteiger partial charge in [-0.2, -0.15) is 0 Å². The van der Waals surface area contributed by atoms with Gasteiger partial charge in [0.1, 0.15) is 11.6 Å². The summed E-state index contributed by atoms with van der Waals surface area (Å²) in [5, 5.41) is 3.22. The van der Waals surface area contributed by atoms with E-state index in [4.69, 9.17) is 0 Å². The maximum Gasteiger partial charge on any atom is 0.141 e. The Labute approximate surface area is 84.6 Å². The molecule has 1 unspecified atom stereocenters. The van der Waals surface area contributed by atoms with Gasteiger partial charge < -0.3 is 5.32 Å². The maximum atomic E-state index is 12.5. The van der Waals surface area contributed by atoms with Crippen LogP contribution in [-0.2, 0) is 0 Å². The summed E-state index contributed by atoms with van der Waals surface area (Å²) in [7, 11) is 0. The Morgan fingerprint density at radius 2 is 2.07 bits per heavy atom. The monoisotopic (exact) mass is 196 g/mol. The third-order valence-electron chi connectivity index (χ3n) is 1.95. The van der Waals surface area contributed by atoms with Crippen molar-refractivity contribution in [1.82, 2.24) is 4.98 Å². The molecule has 0 bridgehead atoms. The highest BCUT2D eigenvalue weighted by Crippen LogP contribution is 2.10. The van der Waals surface area contributed by atoms with Gasteiger partial charge in [0, 0.05) is 6.04 Å². The first-order chi connectivity index (χ1) is 6.58. The van der Waals surface area contributed by atoms with Gasteiger partial charge in [-0.05, 0) is 31.4 Å². The van der Waals surface area contributed by atoms with Crippen LogP contribution in [-0.4, -0.2) is 11.0 Å². The molecule has 0 aromatic carbocycles. The average Bonchev–Trinajstić information content (AvgIpc) is 2.07. The Bertz CT molecular complexity index is 269. The van der Waals surface area contributed by atoms with Crippen molar-refractivity contribution in [3.05, 3.63) is 24.1 Å². The zero-order valence-electron chi connectivity index (χ0n) is 8.92. The van der Waals surface area contributed by atoms with Crippen molar-refractivity contribution in [2.24, 2.45) is 5.92 Å². The fourth-order valence-electron chi connectivity index (χ4n) is 1.48. The van der Waals surface area contributed by atoms with Crippen LogP contribution in [0, 0.1) is 11.7 Å². The van der Waals surface area contributed by atoms with E-state index in [0.717, 1.165) is 12.2 Å². The normalized spacial score (nSPS) is 12.9. The second kappa shape index (κ2) is 4.94. The first-order valence-corrected chi connectivity index (χ1v) is 4.96. The van der Waals surface area contributed by atoms with Crippen molar-refractivity contribution in [1.29, 1.82) is 0 Å². The molecule has 0 radical (unpaired) electrons. The van der Waals surface area contributed by atoms with Crippen LogP contribution < -0.4 is 5.32 Å². The average molecular weight is 196 g/mol. The Morgan fingerprint density at radius 3 is 2.57 bits per heavy atom. The van der Waals surface area contributed by atoms with Crippen molar-refractivity contribution in [3.63, 3.8) is 0 Å². The summed E-state index contributed by atoms with van der Waals surface area (Å²) in [4.78, 5) is 3.94. The van der Waals surface area contributed by atoms with Gasteiger partial charge in [-0.15, -0.1) is 0 Å². The summed E-state index contributed by atoms with van der Waals surface area (Å²) in [6, 6.07) is 3.44. The number of nitrogens with zero attached hydrogens (tertiary/aromatic N) is 1. The summed E-state index contributed by atoms with van der Waals surface area (Å²) < 4.78 is 12.5. The predicted octanol–water partition coefficient (Wildman–Crippen LogP) is 3.07. The van der Waals surface area contributed by atoms with Crippen LogP contribution in [0.3, 0.4) is 0 Å². The number of rotatable bonds is 4. The van der Waals surface area contributed by atoms with E-state index < -0.39 is 0 Å². The van der Waals surface area contributed by atoms with E-state index in [-0.39, 0.29) is 5.82 Å². The van der Waals surface area contributed by atoms with Gasteiger partial charge in [-0.3, -0.25) is 0 Å². The van der Waals surface area contributed by atoms with Gasteiger partial charge in [0.15, 0.2) is 0 Å². The minimum absolute atomic E-state index is 0.299. The van der Waals surface area contributed by atoms with Crippen LogP contribution in [0.2, 0.25) is 0 Å². The van der Waals surface area contributed by atoms with E-state index in [0.29, 0.717) is 12.0 Å². The van der Waals surface area contributed by atoms with Gasteiger partial charge >= 0.3 is 0 Å². The fraction of sp³-hybridized carbons (Fsp3) is 0.545. The van der Waals surface area contributed by atoms with Crippen molar-refractivity contribution in [3.8, 4) is 0 Å². The molecule has 0 saturated carbocycles. The number of pyridine rings is 1. The Balaban J connectivity index is 2.47. The smallest absolute Gasteiger partial charge is 0.141 e. The first kappa shape index (κ1) is 11.0. The summed E-state index contributed by atoms with van der Waals surface area (Å²) >= 11 is 0. The molecular weight excluding hydrogens is 179 g/mol. The number of hydrogen-bond donors (Lipinski definition) is 1. The molecule has 1 heterocycles. The molecule has 1 rings (SSSR count). The molecular formula is C11H17FN2. The van der Waals surface area contributed by atoms with E-state index in [1.165, 1.54) is 12.3 Å². The summed E-state index contributed by atoms with van der Waals surface area (Å²) in [6.45, 7) is 6.46. The molecule has 0 amide bonds. The molecule has 1 aromatic heterocycles. The topological polar surface area (TPSA) is 24.9 Å². The molecule has 78 valence electrons. The Kier molecular flexibility index (Phi) is 3.86. The number of nitrogens with one attached hydrogen (secondary N) is 1. The van der Waals surface area contributed by atoms with E-state index in [2.05, 4.69) is 31.1 Å². The zero-order valence-corrected chi connectivity index (χ0v) is 8.92. The minimum Gasteiger partial charge on any atom is -0.368 e. The molecule has 0 fully saturated rings. The summed E-state index contributed by atoms with van der Waals surface area (Å²) in [5.41, 5.74) is 0. The highest BCUT2D eigenvalue weighted by molar-refractivity contribution is 5.34. The lowest BCUT2D eigenvalue weighted by Gasteiger charge is -2.16. The molecule has 1 aromatic rings. The van der Waals surface area contributed by atoms with Gasteiger partial charge in [-0.25, -0.2) is 9.37 Å². The largest absolute Gasteiger partial charge is 0.368 e. The molecule has 2 nitrogen and oxygen atoms in total. The quantitative estimate of drug-likeness (QED) is 0.800. The fourth-order valence-corrected chi connectivity index (χ4v) is 1.48. The number of anilines is 1. The van der Waals surface area contributed by atoms with Crippen LogP contribution in [0.1, 0.15) is 27.2 Å². The third-order valence-corrected chi connectivity index (χ3v) is 1.95. The second-order valence-corrected chi connectivity index (χ2v) is 4.04. The predicted molar refractivity (Wildman–Crippen MR) is 56.7 cm³/mol. The highest BCUT2D eigenvalue weighted by atomic mass is 19.1. The zero-order chi connectivity index (χ0) is 10.6. The van der Waals surface area contributed by atoms with Crippen LogP contribution in [0.25, 0.3) is 0 Å². The van der Waals surface area contributed by atoms with Crippen LogP contribution >= 0.6 is 0 Å². The molecule has 3 heteroatoms. The molecule has 0 spiro atoms. The minimum atomic E-state index is -0.299. The number of hydrogen-bond acceptors (Lipinski definition) is 2. The van der Waals surface area contributed by atoms with E-state index in [9.17, 15) is 4.39 Å². The van der Waals surface area contributed by atoms with E-state index >= 15 is 0 Å². The maximum absolute atomic E-state index is 12.5. The number of halogens is 1. The lowest BCUT2D eigenvalue weighted by Crippen LogP contribution is -2.18. The third kappa shape index (κ3) is 3.73. The lowest BCUT2D eigenvalue weighted by molar-refractivity contribution is 0.538. The van der Waals surface area contributed by atoms with E-state index in [1.807, 2.05) is 0 Å². The molecule has 14 heavy (non-hydrogen) atoms. The first-order valence-electron chi connectivity index (χ1n) is 4.96. The standard InChI is InChI=1S/C11H17FN2/c1-8(2)6-9(3)14-11-5-4-10(12)7-13-11/h4-5,7-9H,6H2,1-3H3,(H,13,14). The van der Waals surface area contributed by atoms with Gasteiger partial charge in [0.05, 0.1) is 6.20 Å². The van der Waals surface area contributed by atoms with Crippen molar-refractivity contribution < 1.29 is 4.39 Å². The molecule has 0 aliphatic heterocycles. The second-order valence-electron chi connectivity index (χ2n) is 4.04. The Morgan fingerprint density at radius 1 is 1.36 bits per heavy atom. The van der Waals surface area contributed by atoms with E-state index in [1.54, 1.807) is 6.07 Å². The van der Waals surface area contributed by atoms with Gasteiger partial charge in [-0.1, -0.05) is 13.8 Å². The molecule has 0 saturated heterocycles. The van der Waals surface area contributed by atoms with Gasteiger partial charge in [0.25, 0.3) is 0 Å². The molecule has 1 N–H and O–H groups in total. The highest BCUT2D eigenvalue weighted by Gasteiger charge is 2.05. The lowest BCUT2D eigenvalue weighted by atomic mass is 10.1. The Hall–Kier alpha value is -1.12. The van der Waals surface area contributed by atoms with Crippen molar-refractivity contribution in [2.45, 2.75) is 33.2 Å². The molecule has 1 atom stereocenters.